The molecule has 5 nitrogen and oxygen atoms in total. The van der Waals surface area contributed by atoms with E-state index in [1.54, 1.807) is 10.9 Å². The van der Waals surface area contributed by atoms with Crippen LogP contribution in [0.1, 0.15) is 51.3 Å². The maximum Gasteiger partial charge on any atom is 0.0769 e. The fraction of sp³-hybridized carbons (Fsp3) is 0.846. The summed E-state index contributed by atoms with van der Waals surface area (Å²) >= 11 is 0. The van der Waals surface area contributed by atoms with Crippen LogP contribution >= 0.6 is 0 Å². The molecule has 0 radical (unpaired) electrons. The molecule has 2 rings (SSSR count). The number of likely N-dealkylation sites (tertiary alicyclic amines) is 1. The zero-order valence-corrected chi connectivity index (χ0v) is 11.8. The van der Waals surface area contributed by atoms with Crippen LogP contribution in [0, 0.1) is 0 Å². The van der Waals surface area contributed by atoms with Gasteiger partial charge >= 0.3 is 0 Å². The maximum atomic E-state index is 6.52. The van der Waals surface area contributed by atoms with Crippen molar-refractivity contribution >= 4 is 0 Å². The van der Waals surface area contributed by atoms with Gasteiger partial charge in [0, 0.05) is 12.6 Å². The van der Waals surface area contributed by atoms with E-state index in [1.807, 2.05) is 7.05 Å². The molecule has 2 unspecified atom stereocenters. The second-order valence-electron chi connectivity index (χ2n) is 5.52. The van der Waals surface area contributed by atoms with E-state index in [9.17, 15) is 0 Å². The van der Waals surface area contributed by atoms with Crippen molar-refractivity contribution in [3.63, 3.8) is 0 Å². The molecular formula is C13H25N5. The number of rotatable bonds is 4. The van der Waals surface area contributed by atoms with Crippen LogP contribution in [0.4, 0.5) is 0 Å². The van der Waals surface area contributed by atoms with E-state index in [2.05, 4.69) is 29.1 Å². The number of nitrogens with two attached hydrogens (primary N) is 1. The lowest BCUT2D eigenvalue weighted by Crippen LogP contribution is -2.55. The Kier molecular flexibility index (Phi) is 4.02. The SMILES string of the molecule is CCC(C)(C(N)c1cnnn1C)N1CCCCC1. The number of aromatic nitrogens is 3. The standard InChI is InChI=1S/C13H25N5/c1-4-13(2,18-8-6-5-7-9-18)12(14)11-10-15-16-17(11)3/h10,12H,4-9,14H2,1-3H3. The van der Waals surface area contributed by atoms with E-state index in [0.29, 0.717) is 0 Å². The average Bonchev–Trinajstić information content (AvgIpc) is 2.84. The van der Waals surface area contributed by atoms with Gasteiger partial charge in [-0.1, -0.05) is 18.6 Å². The van der Waals surface area contributed by atoms with Gasteiger partial charge in [0.25, 0.3) is 0 Å². The second-order valence-corrected chi connectivity index (χ2v) is 5.52. The van der Waals surface area contributed by atoms with Gasteiger partial charge in [-0.25, -0.2) is 0 Å². The highest BCUT2D eigenvalue weighted by molar-refractivity contribution is 5.10. The first kappa shape index (κ1) is 13.5. The van der Waals surface area contributed by atoms with Crippen LogP contribution in [0.25, 0.3) is 0 Å². The topological polar surface area (TPSA) is 60.0 Å². The van der Waals surface area contributed by atoms with Gasteiger partial charge in [-0.3, -0.25) is 9.58 Å². The molecular weight excluding hydrogens is 226 g/mol. The Morgan fingerprint density at radius 2 is 2.06 bits per heavy atom. The largest absolute Gasteiger partial charge is 0.321 e. The van der Waals surface area contributed by atoms with Crippen molar-refractivity contribution in [3.8, 4) is 0 Å². The molecule has 102 valence electrons. The predicted octanol–water partition coefficient (Wildman–Crippen LogP) is 1.47. The Morgan fingerprint density at radius 3 is 2.56 bits per heavy atom. The van der Waals surface area contributed by atoms with E-state index in [4.69, 9.17) is 5.73 Å². The summed E-state index contributed by atoms with van der Waals surface area (Å²) in [4.78, 5) is 2.55. The summed E-state index contributed by atoms with van der Waals surface area (Å²) in [6.07, 6.45) is 6.75. The molecule has 1 aliphatic rings. The van der Waals surface area contributed by atoms with Crippen LogP contribution in [0.5, 0.6) is 0 Å². The molecule has 1 fully saturated rings. The highest BCUT2D eigenvalue weighted by atomic mass is 15.4. The summed E-state index contributed by atoms with van der Waals surface area (Å²) in [6.45, 7) is 6.81. The molecule has 2 atom stereocenters. The van der Waals surface area contributed by atoms with Gasteiger partial charge in [0.15, 0.2) is 0 Å². The minimum absolute atomic E-state index is 0.00407. The Labute approximate surface area is 109 Å². The third-order valence-corrected chi connectivity index (χ3v) is 4.53. The number of hydrogen-bond acceptors (Lipinski definition) is 4. The third kappa shape index (κ3) is 2.29. The number of aryl methyl sites for hydroxylation is 1. The summed E-state index contributed by atoms with van der Waals surface area (Å²) in [5.41, 5.74) is 7.53. The number of piperidine rings is 1. The lowest BCUT2D eigenvalue weighted by Gasteiger charge is -2.46. The van der Waals surface area contributed by atoms with Crippen molar-refractivity contribution < 1.29 is 0 Å². The zero-order chi connectivity index (χ0) is 13.2. The van der Waals surface area contributed by atoms with Gasteiger partial charge in [0.1, 0.15) is 0 Å². The molecule has 2 heterocycles. The summed E-state index contributed by atoms with van der Waals surface area (Å²) in [7, 11) is 1.91. The fourth-order valence-electron chi connectivity index (χ4n) is 2.94. The molecule has 1 aromatic heterocycles. The van der Waals surface area contributed by atoms with Gasteiger partial charge in [-0.2, -0.15) is 0 Å². The molecule has 2 N–H and O–H groups in total. The quantitative estimate of drug-likeness (QED) is 0.880. The summed E-state index contributed by atoms with van der Waals surface area (Å²) in [6, 6.07) is -0.0411. The molecule has 0 saturated carbocycles. The monoisotopic (exact) mass is 251 g/mol. The molecule has 1 aliphatic heterocycles. The van der Waals surface area contributed by atoms with Gasteiger partial charge in [0.2, 0.25) is 0 Å². The van der Waals surface area contributed by atoms with Crippen molar-refractivity contribution in [1.82, 2.24) is 19.9 Å². The van der Waals surface area contributed by atoms with Crippen molar-refractivity contribution in [2.45, 2.75) is 51.1 Å². The average molecular weight is 251 g/mol. The second kappa shape index (κ2) is 5.36. The van der Waals surface area contributed by atoms with Crippen LogP contribution in [0.3, 0.4) is 0 Å². The molecule has 5 heteroatoms. The van der Waals surface area contributed by atoms with E-state index in [1.165, 1.54) is 19.3 Å². The van der Waals surface area contributed by atoms with E-state index < -0.39 is 0 Å². The lowest BCUT2D eigenvalue weighted by atomic mass is 9.84. The van der Waals surface area contributed by atoms with Crippen LogP contribution < -0.4 is 5.73 Å². The minimum Gasteiger partial charge on any atom is -0.321 e. The molecule has 1 aromatic rings. The molecule has 0 amide bonds. The van der Waals surface area contributed by atoms with Crippen LogP contribution in [0.2, 0.25) is 0 Å². The lowest BCUT2D eigenvalue weighted by molar-refractivity contribution is 0.0521. The summed E-state index contributed by atoms with van der Waals surface area (Å²) in [5, 5.41) is 7.95. The Bertz CT molecular complexity index is 382. The Balaban J connectivity index is 2.22. The van der Waals surface area contributed by atoms with Crippen molar-refractivity contribution in [2.75, 3.05) is 13.1 Å². The van der Waals surface area contributed by atoms with Crippen molar-refractivity contribution in [2.24, 2.45) is 12.8 Å². The van der Waals surface area contributed by atoms with Crippen LogP contribution in [0.15, 0.2) is 6.20 Å². The van der Waals surface area contributed by atoms with Crippen molar-refractivity contribution in [3.05, 3.63) is 11.9 Å². The molecule has 1 saturated heterocycles. The molecule has 0 spiro atoms. The molecule has 0 bridgehead atoms. The third-order valence-electron chi connectivity index (χ3n) is 4.53. The zero-order valence-electron chi connectivity index (χ0n) is 11.8. The summed E-state index contributed by atoms with van der Waals surface area (Å²) < 4.78 is 1.79. The number of nitrogens with zero attached hydrogens (tertiary/aromatic N) is 4. The van der Waals surface area contributed by atoms with Crippen molar-refractivity contribution in [1.29, 1.82) is 0 Å². The Morgan fingerprint density at radius 1 is 1.39 bits per heavy atom. The smallest absolute Gasteiger partial charge is 0.0769 e. The predicted molar refractivity (Wildman–Crippen MR) is 72.1 cm³/mol. The number of hydrogen-bond donors (Lipinski definition) is 1. The molecule has 0 aromatic carbocycles. The van der Waals surface area contributed by atoms with Crippen LogP contribution in [-0.2, 0) is 7.05 Å². The highest BCUT2D eigenvalue weighted by Gasteiger charge is 2.38. The first-order chi connectivity index (χ1) is 8.59. The van der Waals surface area contributed by atoms with E-state index >= 15 is 0 Å². The first-order valence-electron chi connectivity index (χ1n) is 6.95. The molecule has 0 aliphatic carbocycles. The normalized spacial score (nSPS) is 22.7. The molecule has 18 heavy (non-hydrogen) atoms. The summed E-state index contributed by atoms with van der Waals surface area (Å²) in [5.74, 6) is 0. The van der Waals surface area contributed by atoms with E-state index in [-0.39, 0.29) is 11.6 Å². The van der Waals surface area contributed by atoms with Crippen LogP contribution in [-0.4, -0.2) is 38.5 Å². The van der Waals surface area contributed by atoms with Gasteiger partial charge in [0.05, 0.1) is 17.9 Å². The fourth-order valence-corrected chi connectivity index (χ4v) is 2.94. The van der Waals surface area contributed by atoms with E-state index in [0.717, 1.165) is 25.2 Å². The first-order valence-corrected chi connectivity index (χ1v) is 6.95. The minimum atomic E-state index is -0.0411. The Hall–Kier alpha value is -0.940. The van der Waals surface area contributed by atoms with Gasteiger partial charge < -0.3 is 5.73 Å². The highest BCUT2D eigenvalue weighted by Crippen LogP contribution is 2.33. The van der Waals surface area contributed by atoms with Gasteiger partial charge in [-0.05, 0) is 39.3 Å². The maximum absolute atomic E-state index is 6.52. The van der Waals surface area contributed by atoms with Gasteiger partial charge in [-0.15, -0.1) is 5.10 Å².